The molecule has 0 aliphatic heterocycles. The molecule has 25 heavy (non-hydrogen) atoms. The average molecular weight is 405 g/mol. The third-order valence-electron chi connectivity index (χ3n) is 2.95. The number of carboxylic acid groups (broad SMARTS) is 1. The Balaban J connectivity index is 2.32. The number of para-hydroxylation sites is 1. The van der Waals surface area contributed by atoms with E-state index in [9.17, 15) is 9.90 Å². The molecule has 2 rings (SSSR count). The van der Waals surface area contributed by atoms with Crippen LogP contribution in [0.15, 0.2) is 23.3 Å². The van der Waals surface area contributed by atoms with Gasteiger partial charge in [0.25, 0.3) is 0 Å². The number of hydrogen-bond donors (Lipinski definition) is 3. The summed E-state index contributed by atoms with van der Waals surface area (Å²) in [5, 5.41) is 22.5. The van der Waals surface area contributed by atoms with E-state index in [-0.39, 0.29) is 26.6 Å². The quantitative estimate of drug-likeness (QED) is 0.377. The van der Waals surface area contributed by atoms with Gasteiger partial charge in [0.05, 0.1) is 18.5 Å². The van der Waals surface area contributed by atoms with Crippen molar-refractivity contribution in [3.63, 3.8) is 0 Å². The van der Waals surface area contributed by atoms with E-state index >= 15 is 0 Å². The lowest BCUT2D eigenvalue weighted by molar-refractivity contribution is 0.0691. The molecule has 0 spiro atoms. The van der Waals surface area contributed by atoms with Crippen molar-refractivity contribution in [2.45, 2.75) is 6.92 Å². The number of hydrazone groups is 1. The van der Waals surface area contributed by atoms with E-state index in [2.05, 4.69) is 15.5 Å². The predicted octanol–water partition coefficient (Wildman–Crippen LogP) is 4.29. The summed E-state index contributed by atoms with van der Waals surface area (Å²) in [6, 6.07) is 4.89. The summed E-state index contributed by atoms with van der Waals surface area (Å²) in [6.07, 6.45) is 1.29. The van der Waals surface area contributed by atoms with Crippen LogP contribution in [-0.4, -0.2) is 34.0 Å². The number of aromatic nitrogens is 1. The van der Waals surface area contributed by atoms with Crippen molar-refractivity contribution in [3.05, 3.63) is 44.7 Å². The zero-order chi connectivity index (χ0) is 18.6. The number of halogens is 3. The van der Waals surface area contributed by atoms with E-state index in [4.69, 9.17) is 44.6 Å². The third kappa shape index (κ3) is 4.25. The number of carbonyl (C=O) groups is 1. The number of nitrogens with one attached hydrogen (secondary N) is 1. The number of phenols is 1. The first kappa shape index (κ1) is 19.1. The van der Waals surface area contributed by atoms with E-state index in [1.165, 1.54) is 6.21 Å². The minimum atomic E-state index is -1.36. The lowest BCUT2D eigenvalue weighted by Crippen LogP contribution is -2.05. The van der Waals surface area contributed by atoms with Crippen molar-refractivity contribution in [2.75, 3.05) is 12.0 Å². The molecule has 0 bridgehead atoms. The second-order valence-electron chi connectivity index (χ2n) is 4.56. The first-order chi connectivity index (χ1) is 11.9. The monoisotopic (exact) mass is 403 g/mol. The Morgan fingerprint density at radius 2 is 2.08 bits per heavy atom. The van der Waals surface area contributed by atoms with Crippen LogP contribution < -0.4 is 10.2 Å². The van der Waals surface area contributed by atoms with Gasteiger partial charge in [-0.1, -0.05) is 40.9 Å². The molecule has 2 aromatic rings. The summed E-state index contributed by atoms with van der Waals surface area (Å²) in [6.45, 7) is 2.18. The fourth-order valence-corrected chi connectivity index (χ4v) is 2.50. The molecular weight excluding hydrogens is 393 g/mol. The van der Waals surface area contributed by atoms with Crippen LogP contribution in [0, 0.1) is 0 Å². The largest absolute Gasteiger partial charge is 0.504 e. The molecule has 132 valence electrons. The maximum atomic E-state index is 11.1. The van der Waals surface area contributed by atoms with Crippen LogP contribution in [0.4, 0.5) is 5.69 Å². The number of hydrogen-bond acceptors (Lipinski definition) is 6. The van der Waals surface area contributed by atoms with Gasteiger partial charge in [-0.15, -0.1) is 0 Å². The Labute approximate surface area is 157 Å². The van der Waals surface area contributed by atoms with Gasteiger partial charge in [0, 0.05) is 5.56 Å². The maximum Gasteiger partial charge on any atom is 0.356 e. The van der Waals surface area contributed by atoms with E-state index in [0.717, 1.165) is 0 Å². The van der Waals surface area contributed by atoms with Gasteiger partial charge >= 0.3 is 5.97 Å². The van der Waals surface area contributed by atoms with Crippen molar-refractivity contribution in [2.24, 2.45) is 5.10 Å². The highest BCUT2D eigenvalue weighted by molar-refractivity contribution is 6.46. The van der Waals surface area contributed by atoms with Crippen LogP contribution in [0.25, 0.3) is 0 Å². The number of aromatic hydroxyl groups is 1. The number of phenolic OH excluding ortho intramolecular Hbond substituents is 1. The SMILES string of the molecule is CCOc1cccc(/C=N/Nc2c(Cl)c(Cl)nc(C(=O)O)c2Cl)c1O. The van der Waals surface area contributed by atoms with Crippen LogP contribution in [0.5, 0.6) is 11.5 Å². The van der Waals surface area contributed by atoms with Crippen LogP contribution in [0.2, 0.25) is 15.2 Å². The maximum absolute atomic E-state index is 11.1. The van der Waals surface area contributed by atoms with Crippen LogP contribution >= 0.6 is 34.8 Å². The third-order valence-corrected chi connectivity index (χ3v) is 4.06. The first-order valence-corrected chi connectivity index (χ1v) is 8.01. The molecule has 0 saturated carbocycles. The number of benzene rings is 1. The highest BCUT2D eigenvalue weighted by Gasteiger charge is 2.20. The summed E-state index contributed by atoms with van der Waals surface area (Å²) in [4.78, 5) is 14.7. The number of aromatic carboxylic acids is 1. The fraction of sp³-hybridized carbons (Fsp3) is 0.133. The normalized spacial score (nSPS) is 10.9. The molecule has 0 amide bonds. The summed E-state index contributed by atoms with van der Waals surface area (Å²) in [5.74, 6) is -1.15. The zero-order valence-electron chi connectivity index (χ0n) is 12.8. The van der Waals surface area contributed by atoms with Gasteiger partial charge in [-0.05, 0) is 19.1 Å². The molecule has 0 unspecified atom stereocenters. The smallest absolute Gasteiger partial charge is 0.356 e. The van der Waals surface area contributed by atoms with Gasteiger partial charge in [-0.3, -0.25) is 5.43 Å². The molecular formula is C15H12Cl3N3O4. The van der Waals surface area contributed by atoms with Gasteiger partial charge in [0.2, 0.25) is 0 Å². The molecule has 1 aromatic carbocycles. The van der Waals surface area contributed by atoms with E-state index in [1.54, 1.807) is 25.1 Å². The van der Waals surface area contributed by atoms with Gasteiger partial charge in [-0.25, -0.2) is 9.78 Å². The molecule has 0 fully saturated rings. The van der Waals surface area contributed by atoms with E-state index < -0.39 is 11.7 Å². The van der Waals surface area contributed by atoms with E-state index in [0.29, 0.717) is 17.9 Å². The molecule has 0 atom stereocenters. The Morgan fingerprint density at radius 3 is 2.72 bits per heavy atom. The lowest BCUT2D eigenvalue weighted by atomic mass is 10.2. The molecule has 1 heterocycles. The van der Waals surface area contributed by atoms with Crippen LogP contribution in [0.1, 0.15) is 23.0 Å². The second kappa shape index (κ2) is 8.24. The van der Waals surface area contributed by atoms with Gasteiger partial charge in [-0.2, -0.15) is 5.10 Å². The highest BCUT2D eigenvalue weighted by Crippen LogP contribution is 2.37. The number of anilines is 1. The second-order valence-corrected chi connectivity index (χ2v) is 5.67. The van der Waals surface area contributed by atoms with E-state index in [1.807, 2.05) is 0 Å². The molecule has 0 saturated heterocycles. The molecule has 10 heteroatoms. The van der Waals surface area contributed by atoms with Crippen molar-refractivity contribution >= 4 is 52.7 Å². The van der Waals surface area contributed by atoms with Crippen LogP contribution in [-0.2, 0) is 0 Å². The summed E-state index contributed by atoms with van der Waals surface area (Å²) in [5.41, 5.74) is 2.40. The minimum absolute atomic E-state index is 0.0163. The molecule has 7 nitrogen and oxygen atoms in total. The van der Waals surface area contributed by atoms with Gasteiger partial charge in [0.1, 0.15) is 10.0 Å². The summed E-state index contributed by atoms with van der Waals surface area (Å²) in [7, 11) is 0. The van der Waals surface area contributed by atoms with Crippen molar-refractivity contribution < 1.29 is 19.7 Å². The zero-order valence-corrected chi connectivity index (χ0v) is 15.0. The molecule has 1 aromatic heterocycles. The average Bonchev–Trinajstić information content (AvgIpc) is 2.57. The molecule has 0 aliphatic rings. The summed E-state index contributed by atoms with van der Waals surface area (Å²) < 4.78 is 5.27. The molecule has 0 aliphatic carbocycles. The fourth-order valence-electron chi connectivity index (χ4n) is 1.84. The topological polar surface area (TPSA) is 104 Å². The Morgan fingerprint density at radius 1 is 1.36 bits per heavy atom. The number of carboxylic acids is 1. The predicted molar refractivity (Wildman–Crippen MR) is 96.7 cm³/mol. The summed E-state index contributed by atoms with van der Waals surface area (Å²) >= 11 is 17.7. The molecule has 3 N–H and O–H groups in total. The van der Waals surface area contributed by atoms with Gasteiger partial charge in [0.15, 0.2) is 22.3 Å². The number of ether oxygens (including phenoxy) is 1. The number of nitrogens with zero attached hydrogens (tertiary/aromatic N) is 2. The van der Waals surface area contributed by atoms with Crippen LogP contribution in [0.3, 0.4) is 0 Å². The van der Waals surface area contributed by atoms with Gasteiger partial charge < -0.3 is 14.9 Å². The van der Waals surface area contributed by atoms with Crippen molar-refractivity contribution in [1.82, 2.24) is 4.98 Å². The standard InChI is InChI=1S/C15H12Cl3N3O4/c1-2-25-8-5-3-4-7(13(8)22)6-19-21-11-9(16)12(15(23)24)20-14(18)10(11)17/h3-6,22H,2H2,1H3,(H,20,21)(H,23,24)/b19-6+. The highest BCUT2D eigenvalue weighted by atomic mass is 35.5. The number of rotatable bonds is 6. The minimum Gasteiger partial charge on any atom is -0.504 e. The van der Waals surface area contributed by atoms with Crippen molar-refractivity contribution in [3.8, 4) is 11.5 Å². The number of pyridine rings is 1. The Bertz CT molecular complexity index is 843. The van der Waals surface area contributed by atoms with Crippen molar-refractivity contribution in [1.29, 1.82) is 0 Å². The molecule has 0 radical (unpaired) electrons. The lowest BCUT2D eigenvalue weighted by Gasteiger charge is -2.10. The Hall–Kier alpha value is -2.22. The Kier molecular flexibility index (Phi) is 6.30. The first-order valence-electron chi connectivity index (χ1n) is 6.88.